The van der Waals surface area contributed by atoms with Crippen molar-refractivity contribution in [1.29, 1.82) is 0 Å². The van der Waals surface area contributed by atoms with E-state index in [4.69, 9.17) is 14.2 Å². The summed E-state index contributed by atoms with van der Waals surface area (Å²) in [5, 5.41) is 1.15. The van der Waals surface area contributed by atoms with Crippen molar-refractivity contribution in [2.75, 3.05) is 21.3 Å². The molecule has 0 radical (unpaired) electrons. The Morgan fingerprint density at radius 1 is 0.865 bits per heavy atom. The maximum Gasteiger partial charge on any atom is 0.275 e. The number of carbonyl (C=O) groups excluding carboxylic acids is 2. The first kappa shape index (κ1) is 30.2. The van der Waals surface area contributed by atoms with Crippen LogP contribution in [0.25, 0.3) is 0 Å². The summed E-state index contributed by atoms with van der Waals surface area (Å²) < 4.78 is 16.4. The van der Waals surface area contributed by atoms with Crippen LogP contribution in [0.15, 0.2) is 30.3 Å². The smallest absolute Gasteiger partial charge is 0.275 e. The lowest BCUT2D eigenvalue weighted by molar-refractivity contribution is 0.0422. The van der Waals surface area contributed by atoms with Gasteiger partial charge >= 0.3 is 0 Å². The topological polar surface area (TPSA) is 77.1 Å². The van der Waals surface area contributed by atoms with Gasteiger partial charge in [0.05, 0.1) is 21.3 Å². The predicted molar refractivity (Wildman–Crippen MR) is 148 cm³/mol. The summed E-state index contributed by atoms with van der Waals surface area (Å²) in [6.07, 6.45) is 5.24. The standard InChI is InChI=1S/C30H44N2O5/c1-10-11-12-13-17-27(30(4,5)6)31-32(29(34)23-15-14-16-24(35-7)20(23)2)28(33)22-18-25(36-8)21(3)26(19-22)37-9/h14-16,18-19,27,31H,10-13,17H2,1-9H3. The monoisotopic (exact) mass is 512 g/mol. The Bertz CT molecular complexity index is 1050. The SMILES string of the molecule is CCCCCCC(NN(C(=O)c1cc(OC)c(C)c(OC)c1)C(=O)c1cccc(OC)c1C)C(C)(C)C. The molecule has 37 heavy (non-hydrogen) atoms. The number of ether oxygens (including phenoxy) is 3. The largest absolute Gasteiger partial charge is 0.496 e. The zero-order chi connectivity index (χ0) is 27.8. The normalized spacial score (nSPS) is 12.1. The van der Waals surface area contributed by atoms with Crippen molar-refractivity contribution in [3.05, 3.63) is 52.6 Å². The van der Waals surface area contributed by atoms with E-state index < -0.39 is 11.8 Å². The van der Waals surface area contributed by atoms with Crippen LogP contribution in [0.2, 0.25) is 0 Å². The second-order valence-corrected chi connectivity index (χ2v) is 10.5. The lowest BCUT2D eigenvalue weighted by atomic mass is 9.84. The summed E-state index contributed by atoms with van der Waals surface area (Å²) in [5.74, 6) is 0.692. The highest BCUT2D eigenvalue weighted by molar-refractivity contribution is 6.11. The lowest BCUT2D eigenvalue weighted by Gasteiger charge is -2.36. The molecule has 0 saturated heterocycles. The zero-order valence-corrected chi connectivity index (χ0v) is 24.0. The third kappa shape index (κ3) is 7.48. The molecule has 0 heterocycles. The van der Waals surface area contributed by atoms with E-state index in [2.05, 4.69) is 33.1 Å². The number of hydrogen-bond donors (Lipinski definition) is 1. The predicted octanol–water partition coefficient (Wildman–Crippen LogP) is 6.50. The lowest BCUT2D eigenvalue weighted by Crippen LogP contribution is -2.55. The van der Waals surface area contributed by atoms with Gasteiger partial charge in [0.15, 0.2) is 0 Å². The molecule has 0 fully saturated rings. The Morgan fingerprint density at radius 2 is 1.46 bits per heavy atom. The number of nitrogens with one attached hydrogen (secondary N) is 1. The number of rotatable bonds is 12. The molecule has 0 aliphatic heterocycles. The van der Waals surface area contributed by atoms with Gasteiger partial charge < -0.3 is 14.2 Å². The third-order valence-corrected chi connectivity index (χ3v) is 6.82. The van der Waals surface area contributed by atoms with E-state index in [1.54, 1.807) is 51.7 Å². The first-order valence-corrected chi connectivity index (χ1v) is 13.0. The summed E-state index contributed by atoms with van der Waals surface area (Å²) in [4.78, 5) is 28.0. The second kappa shape index (κ2) is 13.5. The van der Waals surface area contributed by atoms with Crippen molar-refractivity contribution in [2.45, 2.75) is 79.7 Å². The summed E-state index contributed by atoms with van der Waals surface area (Å²) in [5.41, 5.74) is 5.27. The number of methoxy groups -OCH3 is 3. The van der Waals surface area contributed by atoms with Crippen molar-refractivity contribution in [2.24, 2.45) is 5.41 Å². The van der Waals surface area contributed by atoms with Crippen LogP contribution in [0.5, 0.6) is 17.2 Å². The molecule has 2 aromatic carbocycles. The highest BCUT2D eigenvalue weighted by Crippen LogP contribution is 2.31. The Hall–Kier alpha value is -3.06. The highest BCUT2D eigenvalue weighted by Gasteiger charge is 2.33. The van der Waals surface area contributed by atoms with Gasteiger partial charge in [-0.1, -0.05) is 59.4 Å². The van der Waals surface area contributed by atoms with Gasteiger partial charge in [-0.3, -0.25) is 9.59 Å². The molecule has 2 rings (SSSR count). The molecule has 7 nitrogen and oxygen atoms in total. The van der Waals surface area contributed by atoms with Gasteiger partial charge in [0.2, 0.25) is 0 Å². The minimum Gasteiger partial charge on any atom is -0.496 e. The van der Waals surface area contributed by atoms with Gasteiger partial charge in [0.25, 0.3) is 11.8 Å². The number of nitrogens with zero attached hydrogens (tertiary/aromatic N) is 1. The van der Waals surface area contributed by atoms with Crippen molar-refractivity contribution in [1.82, 2.24) is 10.4 Å². The van der Waals surface area contributed by atoms with Crippen LogP contribution >= 0.6 is 0 Å². The van der Waals surface area contributed by atoms with Gasteiger partial charge in [-0.15, -0.1) is 0 Å². The van der Waals surface area contributed by atoms with Crippen LogP contribution in [0, 0.1) is 19.3 Å². The van der Waals surface area contributed by atoms with Gasteiger partial charge in [-0.2, -0.15) is 0 Å². The summed E-state index contributed by atoms with van der Waals surface area (Å²) in [6.45, 7) is 12.2. The second-order valence-electron chi connectivity index (χ2n) is 10.5. The minimum atomic E-state index is -0.480. The Labute approximate surface area is 222 Å². The Kier molecular flexibility index (Phi) is 11.0. The maximum absolute atomic E-state index is 14.0. The van der Waals surface area contributed by atoms with Gasteiger partial charge in [-0.05, 0) is 49.9 Å². The van der Waals surface area contributed by atoms with Crippen LogP contribution in [0.3, 0.4) is 0 Å². The summed E-state index contributed by atoms with van der Waals surface area (Å²) in [6, 6.07) is 8.45. The van der Waals surface area contributed by atoms with Crippen LogP contribution < -0.4 is 19.6 Å². The van der Waals surface area contributed by atoms with Crippen molar-refractivity contribution >= 4 is 11.8 Å². The Balaban J connectivity index is 2.58. The third-order valence-electron chi connectivity index (χ3n) is 6.82. The molecular weight excluding hydrogens is 468 g/mol. The van der Waals surface area contributed by atoms with E-state index in [1.165, 1.54) is 0 Å². The van der Waals surface area contributed by atoms with Crippen molar-refractivity contribution in [3.63, 3.8) is 0 Å². The van der Waals surface area contributed by atoms with E-state index in [-0.39, 0.29) is 11.5 Å². The molecule has 1 atom stereocenters. The van der Waals surface area contributed by atoms with E-state index in [1.807, 2.05) is 13.8 Å². The highest BCUT2D eigenvalue weighted by atomic mass is 16.5. The first-order valence-electron chi connectivity index (χ1n) is 13.0. The number of unbranched alkanes of at least 4 members (excludes halogenated alkanes) is 3. The molecule has 204 valence electrons. The average molecular weight is 513 g/mol. The maximum atomic E-state index is 14.0. The van der Waals surface area contributed by atoms with Crippen molar-refractivity contribution < 1.29 is 23.8 Å². The number of hydrazine groups is 1. The number of benzene rings is 2. The molecule has 0 aromatic heterocycles. The van der Waals surface area contributed by atoms with Gasteiger partial charge in [-0.25, -0.2) is 10.4 Å². The molecule has 7 heteroatoms. The number of hydrogen-bond acceptors (Lipinski definition) is 6. The summed E-state index contributed by atoms with van der Waals surface area (Å²) >= 11 is 0. The quantitative estimate of drug-likeness (QED) is 0.199. The fourth-order valence-corrected chi connectivity index (χ4v) is 4.36. The fraction of sp³-hybridized carbons (Fsp3) is 0.533. The zero-order valence-electron chi connectivity index (χ0n) is 24.0. The number of carbonyl (C=O) groups is 2. The number of amides is 2. The van der Waals surface area contributed by atoms with E-state index in [9.17, 15) is 9.59 Å². The van der Waals surface area contributed by atoms with Crippen LogP contribution in [0.1, 0.15) is 91.6 Å². The van der Waals surface area contributed by atoms with Crippen LogP contribution in [-0.4, -0.2) is 44.2 Å². The molecule has 0 spiro atoms. The van der Waals surface area contributed by atoms with E-state index in [0.29, 0.717) is 33.9 Å². The molecule has 0 bridgehead atoms. The van der Waals surface area contributed by atoms with E-state index >= 15 is 0 Å². The Morgan fingerprint density at radius 3 is 1.97 bits per heavy atom. The summed E-state index contributed by atoms with van der Waals surface area (Å²) in [7, 11) is 4.65. The molecule has 0 aliphatic carbocycles. The molecule has 0 saturated carbocycles. The van der Waals surface area contributed by atoms with Crippen LogP contribution in [-0.2, 0) is 0 Å². The molecular formula is C30H44N2O5. The molecule has 1 unspecified atom stereocenters. The fourth-order valence-electron chi connectivity index (χ4n) is 4.36. The molecule has 1 N–H and O–H groups in total. The molecule has 2 amide bonds. The molecule has 0 aliphatic rings. The van der Waals surface area contributed by atoms with Gasteiger partial charge in [0.1, 0.15) is 17.2 Å². The molecule has 2 aromatic rings. The first-order chi connectivity index (χ1) is 17.5. The average Bonchev–Trinajstić information content (AvgIpc) is 2.87. The van der Waals surface area contributed by atoms with E-state index in [0.717, 1.165) is 42.7 Å². The number of imide groups is 1. The van der Waals surface area contributed by atoms with Crippen LogP contribution in [0.4, 0.5) is 0 Å². The van der Waals surface area contributed by atoms with Crippen molar-refractivity contribution in [3.8, 4) is 17.2 Å². The minimum absolute atomic E-state index is 0.114. The van der Waals surface area contributed by atoms with Gasteiger partial charge in [0, 0.05) is 28.3 Å².